The van der Waals surface area contributed by atoms with Crippen LogP contribution in [0.5, 0.6) is 11.5 Å². The smallest absolute Gasteiger partial charge is 0.431 e. The minimum absolute atomic E-state index is 0. The number of hydrogen-bond acceptors (Lipinski definition) is 11. The number of nitrogens with one attached hydrogen (secondary N) is 1. The maximum Gasteiger partial charge on any atom is 0.431 e. The van der Waals surface area contributed by atoms with Gasteiger partial charge >= 0.3 is 24.6 Å². The van der Waals surface area contributed by atoms with E-state index in [9.17, 15) is 67.1 Å². The Kier molecular flexibility index (Phi) is 21.6. The molecule has 9 heterocycles. The van der Waals surface area contributed by atoms with Gasteiger partial charge in [-0.05, 0) is 207 Å². The number of aliphatic hydroxyl groups is 1. The number of urea groups is 1. The number of benzene rings is 3. The first-order valence-electron chi connectivity index (χ1n) is 36.0. The van der Waals surface area contributed by atoms with Gasteiger partial charge in [-0.3, -0.25) is 24.2 Å². The third kappa shape index (κ3) is 15.5. The first-order valence-corrected chi connectivity index (χ1v) is 37.5. The summed E-state index contributed by atoms with van der Waals surface area (Å²) in [7, 11) is 1.64. The fraction of sp³-hybridized carbons (Fsp3) is 0.547. The summed E-state index contributed by atoms with van der Waals surface area (Å²) in [5, 5.41) is 8.89. The number of aromatic nitrogens is 3. The van der Waals surface area contributed by atoms with Crippen LogP contribution in [-0.4, -0.2) is 197 Å². The van der Waals surface area contributed by atoms with Crippen LogP contribution < -0.4 is 14.2 Å². The molecule has 20 nitrogen and oxygen atoms in total. The molecule has 2 saturated carbocycles. The Bertz CT molecular complexity index is 4300. The second kappa shape index (κ2) is 29.6. The van der Waals surface area contributed by atoms with E-state index >= 15 is 0 Å². The summed E-state index contributed by atoms with van der Waals surface area (Å²) in [6, 6.07) is 24.9. The molecule has 0 bridgehead atoms. The molecule has 2 N–H and O–H groups in total. The maximum absolute atomic E-state index is 13.7. The molecule has 2 aliphatic carbocycles. The summed E-state index contributed by atoms with van der Waals surface area (Å²) in [5.74, 6) is 0.989. The van der Waals surface area contributed by atoms with Gasteiger partial charge in [0.15, 0.2) is 0 Å². The molecule has 3 aromatic heterocycles. The number of fused-ring (bicyclic) bond motifs is 6. The fourth-order valence-electron chi connectivity index (χ4n) is 16.4. The van der Waals surface area contributed by atoms with Crippen LogP contribution >= 0.6 is 0 Å². The molecule has 3 spiro atoms. The lowest BCUT2D eigenvalue weighted by molar-refractivity contribution is -0.145. The van der Waals surface area contributed by atoms with Crippen LogP contribution in [0.25, 0.3) is 0 Å². The first kappa shape index (κ1) is 76.6. The Labute approximate surface area is 607 Å². The zero-order valence-corrected chi connectivity index (χ0v) is 61.0. The molecule has 105 heavy (non-hydrogen) atoms. The number of hydrogen-bond donors (Lipinski definition) is 2. The number of piperidine rings is 3. The Morgan fingerprint density at radius 1 is 0.552 bits per heavy atom. The highest BCUT2D eigenvalue weighted by Gasteiger charge is 2.55. The molecule has 8 aliphatic rings. The second-order valence-corrected chi connectivity index (χ2v) is 31.1. The molecule has 6 aromatic rings. The summed E-state index contributed by atoms with van der Waals surface area (Å²) in [6.45, 7) is 12.6. The average molecular weight is 1500 g/mol. The van der Waals surface area contributed by atoms with E-state index < -0.39 is 62.3 Å². The second-order valence-electron chi connectivity index (χ2n) is 29.4. The van der Waals surface area contributed by atoms with Crippen LogP contribution in [0.4, 0.5) is 44.3 Å². The lowest BCUT2D eigenvalue weighted by atomic mass is 9.80. The Balaban J connectivity index is 0.000000158. The van der Waals surface area contributed by atoms with E-state index in [1.807, 2.05) is 34.7 Å². The Hall–Kier alpha value is -8.06. The Morgan fingerprint density at radius 2 is 0.971 bits per heavy atom. The van der Waals surface area contributed by atoms with Gasteiger partial charge in [0.2, 0.25) is 10.0 Å². The van der Waals surface area contributed by atoms with Crippen LogP contribution in [0.2, 0.25) is 0 Å². The van der Waals surface area contributed by atoms with Gasteiger partial charge in [0, 0.05) is 153 Å². The summed E-state index contributed by atoms with van der Waals surface area (Å²) in [5.41, 5.74) is 1.27. The number of halogens is 9. The summed E-state index contributed by atoms with van der Waals surface area (Å²) in [6.07, 6.45) is -5.90. The zero-order valence-electron chi connectivity index (χ0n) is 60.1. The number of carbonyl (C=O) groups is 4. The quantitative estimate of drug-likeness (QED) is 0.0826. The number of likely N-dealkylation sites (N-methyl/N-ethyl adjacent to an activating group) is 1. The molecule has 3 aromatic carbocycles. The van der Waals surface area contributed by atoms with Gasteiger partial charge in [0.25, 0.3) is 17.7 Å². The van der Waals surface area contributed by atoms with Gasteiger partial charge in [-0.2, -0.15) is 39.5 Å². The standard InChI is InChI=1S/C26H33F3N4O3.C25H29F3N4O3S.C24H30F3N3O3.H2/c1-17(2)36-20-7-6-19(16-18(20)3)23(34)31-12-10-25(11-13-31)21-8-9-22(26(27,28)29)32(21)14-15-33(25)24(35)30(4)5;26-25(27,28)22-10-9-21-24(32(19-5-6-19)16-15-31(21)22)11-13-30(14-12-24)23(33)17-1-7-20(8-2-17)36(34,35)29-18-3-4-18;1-17-16-18(4-5-19(17)33-15-3-14-31)22(32)29-10-8-23(9-11-29)20-6-7-21(24(25,26)27)30(20)13-12-28(23)2;/h6-9,16-17H,10-15H2,1-5H3;1-2,7-10,18-19,29H,3-6,11-16H2;4-7,16,31H,3,8-15H2,1-2H3;1H. The van der Waals surface area contributed by atoms with E-state index in [-0.39, 0.29) is 61.9 Å². The highest BCUT2D eigenvalue weighted by Crippen LogP contribution is 2.51. The van der Waals surface area contributed by atoms with E-state index in [0.717, 1.165) is 48.6 Å². The van der Waals surface area contributed by atoms with Gasteiger partial charge in [-0.15, -0.1) is 0 Å². The topological polar surface area (TPSA) is 191 Å². The molecular weight excluding hydrogens is 1400 g/mol. The predicted octanol–water partition coefficient (Wildman–Crippen LogP) is 12.2. The number of alkyl halides is 9. The number of nitrogens with zero attached hydrogens (tertiary/aromatic N) is 10. The van der Waals surface area contributed by atoms with Crippen LogP contribution in [0.1, 0.15) is 162 Å². The third-order valence-corrected chi connectivity index (χ3v) is 23.7. The molecule has 3 saturated heterocycles. The van der Waals surface area contributed by atoms with Crippen LogP contribution in [0.3, 0.4) is 0 Å². The first-order chi connectivity index (χ1) is 49.6. The van der Waals surface area contributed by atoms with Crippen molar-refractivity contribution >= 4 is 33.8 Å². The van der Waals surface area contributed by atoms with E-state index in [4.69, 9.17) is 14.6 Å². The van der Waals surface area contributed by atoms with Crippen molar-refractivity contribution in [3.63, 3.8) is 0 Å². The predicted molar refractivity (Wildman–Crippen MR) is 374 cm³/mol. The minimum Gasteiger partial charge on any atom is -0.493 e. The highest BCUT2D eigenvalue weighted by atomic mass is 32.2. The number of sulfonamides is 1. The highest BCUT2D eigenvalue weighted by molar-refractivity contribution is 7.89. The van der Waals surface area contributed by atoms with E-state index in [0.29, 0.717) is 163 Å². The number of rotatable bonds is 13. The van der Waals surface area contributed by atoms with E-state index in [1.54, 1.807) is 82.2 Å². The van der Waals surface area contributed by atoms with Crippen molar-refractivity contribution in [1.82, 2.24) is 52.7 Å². The van der Waals surface area contributed by atoms with Gasteiger partial charge in [0.1, 0.15) is 28.6 Å². The van der Waals surface area contributed by atoms with Crippen LogP contribution in [0.15, 0.2) is 102 Å². The van der Waals surface area contributed by atoms with Gasteiger partial charge in [-0.1, -0.05) is 0 Å². The van der Waals surface area contributed by atoms with Crippen molar-refractivity contribution in [2.75, 3.05) is 93.3 Å². The molecule has 14 rings (SSSR count). The SMILES string of the molecule is Cc1cc(C(=O)N2CCC3(CC2)c2ccc(C(F)(F)F)n2CCN3C(=O)N(C)C)ccc1OC(C)C.Cc1cc(C(=O)N2CCC3(CC2)c2ccc(C(F)(F)F)n2CCN3C)ccc1OCCCO.O=C(c1ccc(S(=O)(=O)NC2CC2)cc1)N1CCC2(CC1)c1ccc(C(F)(F)F)n1CCN2C1CC1.[HH]. The Morgan fingerprint density at radius 3 is 1.41 bits per heavy atom. The molecule has 572 valence electrons. The molecule has 6 aliphatic heterocycles. The zero-order chi connectivity index (χ0) is 75.5. The number of ether oxygens (including phenoxy) is 2. The largest absolute Gasteiger partial charge is 0.493 e. The number of amides is 5. The van der Waals surface area contributed by atoms with Gasteiger partial charge < -0.3 is 52.8 Å². The monoisotopic (exact) mass is 1500 g/mol. The number of aliphatic hydroxyl groups excluding tert-OH is 1. The summed E-state index contributed by atoms with van der Waals surface area (Å²) >= 11 is 0. The molecule has 5 fully saturated rings. The van der Waals surface area contributed by atoms with Crippen molar-refractivity contribution < 1.29 is 83.1 Å². The fourth-order valence-corrected chi connectivity index (χ4v) is 17.7. The molecule has 30 heteroatoms. The van der Waals surface area contributed by atoms with Gasteiger partial charge in [0.05, 0.1) is 34.2 Å². The van der Waals surface area contributed by atoms with Crippen molar-refractivity contribution in [3.05, 3.63) is 159 Å². The van der Waals surface area contributed by atoms with E-state index in [1.165, 1.54) is 61.1 Å². The average Bonchev–Trinajstić information content (AvgIpc) is 1.25. The van der Waals surface area contributed by atoms with Crippen LogP contribution in [-0.2, 0) is 64.8 Å². The lowest BCUT2D eigenvalue weighted by Crippen LogP contribution is -2.61. The summed E-state index contributed by atoms with van der Waals surface area (Å²) < 4.78 is 165. The molecule has 5 amide bonds. The normalized spacial score (nSPS) is 19.5. The van der Waals surface area contributed by atoms with Crippen LogP contribution in [0, 0.1) is 13.8 Å². The van der Waals surface area contributed by atoms with Crippen molar-refractivity contribution in [3.8, 4) is 11.5 Å². The molecular formula is C75H94F9N11O9S. The van der Waals surface area contributed by atoms with Crippen molar-refractivity contribution in [1.29, 1.82) is 0 Å². The van der Waals surface area contributed by atoms with Crippen molar-refractivity contribution in [2.24, 2.45) is 0 Å². The third-order valence-electron chi connectivity index (χ3n) is 22.1. The van der Waals surface area contributed by atoms with Gasteiger partial charge in [-0.25, -0.2) is 17.9 Å². The van der Waals surface area contributed by atoms with Crippen molar-refractivity contribution in [2.45, 2.75) is 176 Å². The summed E-state index contributed by atoms with van der Waals surface area (Å²) in [4.78, 5) is 65.8. The number of likely N-dealkylation sites (tertiary alicyclic amines) is 3. The number of aryl methyl sites for hydroxylation is 2. The lowest BCUT2D eigenvalue weighted by Gasteiger charge is -2.52. The molecule has 0 radical (unpaired) electrons. The molecule has 0 atom stereocenters. The van der Waals surface area contributed by atoms with E-state index in [2.05, 4.69) is 14.5 Å². The minimum atomic E-state index is -4.48. The molecule has 0 unspecified atom stereocenters. The maximum atomic E-state index is 13.7. The number of carbonyl (C=O) groups excluding carboxylic acids is 4.